The van der Waals surface area contributed by atoms with E-state index in [0.29, 0.717) is 12.1 Å². The lowest BCUT2D eigenvalue weighted by atomic mass is 9.94. The summed E-state index contributed by atoms with van der Waals surface area (Å²) < 4.78 is 107. The molecule has 0 fully saturated rings. The van der Waals surface area contributed by atoms with Gasteiger partial charge in [0.05, 0.1) is 72.2 Å². The fourth-order valence-electron chi connectivity index (χ4n) is 5.33. The van der Waals surface area contributed by atoms with Crippen molar-refractivity contribution in [3.8, 4) is 0 Å². The minimum atomic E-state index is -4.91. The standard InChI is InChI=1S/C20H23ClF3N3O6.C17H19F3N2O5/c1-5-32-16-9-14(21)17(26-27(16)19(30)33-6-2)11-7-12(18(29)31-4)15(25-10(3)28)8-13(11)20(22,23)24;1-5-27-15(24)8-21-9(2)11-6-12(16(25)26-4)14(22-10(3)23)7-13(11)17(18,19)20/h7-8,14,16H,5-6,9H2,1-4H3,(H,25,28);6-7H,5,8H2,1-4H3,(H,22,23). The summed E-state index contributed by atoms with van der Waals surface area (Å²) in [5.41, 5.74) is -5.14. The second-order valence-electron chi connectivity index (χ2n) is 12.1. The van der Waals surface area contributed by atoms with E-state index in [0.717, 1.165) is 45.2 Å². The van der Waals surface area contributed by atoms with Crippen LogP contribution in [0.2, 0.25) is 0 Å². The van der Waals surface area contributed by atoms with Crippen LogP contribution in [0.1, 0.15) is 90.9 Å². The van der Waals surface area contributed by atoms with E-state index in [9.17, 15) is 55.1 Å². The molecule has 0 bridgehead atoms. The molecule has 3 amide bonds. The van der Waals surface area contributed by atoms with E-state index in [1.807, 2.05) is 0 Å². The number of ether oxygens (including phenoxy) is 5. The number of esters is 3. The molecule has 2 unspecified atom stereocenters. The van der Waals surface area contributed by atoms with E-state index in [4.69, 9.17) is 21.1 Å². The van der Waals surface area contributed by atoms with Crippen molar-refractivity contribution in [3.05, 3.63) is 57.6 Å². The lowest BCUT2D eigenvalue weighted by Gasteiger charge is -2.34. The Kier molecular flexibility index (Phi) is 18.5. The van der Waals surface area contributed by atoms with Gasteiger partial charge < -0.3 is 34.3 Å². The Morgan fingerprint density at radius 1 is 0.767 bits per heavy atom. The van der Waals surface area contributed by atoms with Crippen LogP contribution in [-0.4, -0.2) is 104 Å². The summed E-state index contributed by atoms with van der Waals surface area (Å²) in [4.78, 5) is 74.5. The fourth-order valence-corrected chi connectivity index (χ4v) is 5.65. The Balaban J connectivity index is 0.000000422. The van der Waals surface area contributed by atoms with Gasteiger partial charge in [-0.3, -0.25) is 19.4 Å². The van der Waals surface area contributed by atoms with Gasteiger partial charge in [0.2, 0.25) is 11.8 Å². The molecule has 3 rings (SSSR count). The van der Waals surface area contributed by atoms with Crippen LogP contribution in [0, 0.1) is 0 Å². The zero-order chi connectivity index (χ0) is 45.7. The lowest BCUT2D eigenvalue weighted by molar-refractivity contribution is -0.141. The zero-order valence-corrected chi connectivity index (χ0v) is 34.2. The lowest BCUT2D eigenvalue weighted by Crippen LogP contribution is -2.46. The van der Waals surface area contributed by atoms with Gasteiger partial charge in [0, 0.05) is 43.7 Å². The summed E-state index contributed by atoms with van der Waals surface area (Å²) in [5.74, 6) is -3.99. The highest BCUT2D eigenvalue weighted by atomic mass is 35.5. The average molecular weight is 882 g/mol. The summed E-state index contributed by atoms with van der Waals surface area (Å²) in [6.45, 7) is 8.05. The van der Waals surface area contributed by atoms with Crippen LogP contribution < -0.4 is 10.6 Å². The third-order valence-corrected chi connectivity index (χ3v) is 8.17. The van der Waals surface area contributed by atoms with Gasteiger partial charge in [-0.1, -0.05) is 0 Å². The number of methoxy groups -OCH3 is 2. The number of nitrogens with one attached hydrogen (secondary N) is 2. The maximum absolute atomic E-state index is 14.0. The first kappa shape index (κ1) is 50.4. The van der Waals surface area contributed by atoms with Gasteiger partial charge in [0.25, 0.3) is 0 Å². The van der Waals surface area contributed by atoms with E-state index in [1.54, 1.807) is 20.8 Å². The Bertz CT molecular complexity index is 2010. The molecule has 1 heterocycles. The number of hydrogen-bond donors (Lipinski definition) is 2. The molecule has 0 radical (unpaired) electrons. The predicted molar refractivity (Wildman–Crippen MR) is 203 cm³/mol. The topological polar surface area (TPSA) is 201 Å². The summed E-state index contributed by atoms with van der Waals surface area (Å²) in [7, 11) is 2.09. The monoisotopic (exact) mass is 881 g/mol. The number of halogens is 7. The molecule has 1 aliphatic heterocycles. The Morgan fingerprint density at radius 3 is 1.72 bits per heavy atom. The van der Waals surface area contributed by atoms with Gasteiger partial charge in [-0.25, -0.2) is 14.4 Å². The average Bonchev–Trinajstić information content (AvgIpc) is 3.15. The number of hydrazone groups is 1. The van der Waals surface area contributed by atoms with Crippen LogP contribution in [0.3, 0.4) is 0 Å². The minimum Gasteiger partial charge on any atom is -0.465 e. The molecule has 0 saturated heterocycles. The van der Waals surface area contributed by atoms with Crippen LogP contribution in [0.15, 0.2) is 34.4 Å². The number of hydrogen-bond acceptors (Lipinski definition) is 13. The van der Waals surface area contributed by atoms with Gasteiger partial charge in [-0.2, -0.15) is 36.5 Å². The van der Waals surface area contributed by atoms with Gasteiger partial charge in [-0.05, 0) is 52.0 Å². The minimum absolute atomic E-state index is 0.00492. The number of aliphatic imine (C=N–C) groups is 1. The molecule has 16 nitrogen and oxygen atoms in total. The van der Waals surface area contributed by atoms with E-state index in [1.165, 1.54) is 6.92 Å². The van der Waals surface area contributed by atoms with Crippen LogP contribution in [0.4, 0.5) is 42.5 Å². The highest BCUT2D eigenvalue weighted by molar-refractivity contribution is 6.35. The molecule has 0 spiro atoms. The van der Waals surface area contributed by atoms with Gasteiger partial charge >= 0.3 is 36.4 Å². The van der Waals surface area contributed by atoms with E-state index in [-0.39, 0.29) is 54.5 Å². The highest BCUT2D eigenvalue weighted by Gasteiger charge is 2.42. The number of carbonyl (C=O) groups is 6. The van der Waals surface area contributed by atoms with Crippen LogP contribution in [0.25, 0.3) is 0 Å². The molecule has 23 heteroatoms. The second-order valence-corrected chi connectivity index (χ2v) is 12.6. The number of rotatable bonds is 12. The van der Waals surface area contributed by atoms with Crippen molar-refractivity contribution in [2.45, 2.75) is 71.9 Å². The smallest absolute Gasteiger partial charge is 0.432 e. The zero-order valence-electron chi connectivity index (χ0n) is 33.5. The molecular formula is C37H42ClF6N5O11. The first-order chi connectivity index (χ1) is 27.9. The number of alkyl halides is 7. The Morgan fingerprint density at radius 2 is 1.27 bits per heavy atom. The largest absolute Gasteiger partial charge is 0.465 e. The van der Waals surface area contributed by atoms with Crippen molar-refractivity contribution in [1.82, 2.24) is 5.01 Å². The van der Waals surface area contributed by atoms with Crippen LogP contribution in [0.5, 0.6) is 0 Å². The SMILES string of the molecule is CCOC(=O)CN=C(C)c1cc(C(=O)OC)c(NC(C)=O)cc1C(F)(F)F.CCOC(=O)N1N=C(c2cc(C(=O)OC)c(NC(C)=O)cc2C(F)(F)F)C(Cl)CC1OCC. The number of amides is 3. The number of benzene rings is 2. The summed E-state index contributed by atoms with van der Waals surface area (Å²) in [6, 6.07) is 3.02. The van der Waals surface area contributed by atoms with Crippen LogP contribution >= 0.6 is 11.6 Å². The molecule has 0 aromatic heterocycles. The molecule has 60 heavy (non-hydrogen) atoms. The third-order valence-electron chi connectivity index (χ3n) is 7.78. The van der Waals surface area contributed by atoms with Crippen molar-refractivity contribution in [1.29, 1.82) is 0 Å². The maximum atomic E-state index is 14.0. The first-order valence-corrected chi connectivity index (χ1v) is 18.1. The molecule has 1 aliphatic rings. The van der Waals surface area contributed by atoms with E-state index >= 15 is 0 Å². The molecule has 2 atom stereocenters. The summed E-state index contributed by atoms with van der Waals surface area (Å²) in [5, 5.41) is 8.07. The van der Waals surface area contributed by atoms with Gasteiger partial charge in [0.15, 0.2) is 6.23 Å². The maximum Gasteiger partial charge on any atom is 0.432 e. The first-order valence-electron chi connectivity index (χ1n) is 17.6. The molecule has 0 saturated carbocycles. The highest BCUT2D eigenvalue weighted by Crippen LogP contribution is 2.39. The van der Waals surface area contributed by atoms with E-state index < -0.39 is 94.3 Å². The summed E-state index contributed by atoms with van der Waals surface area (Å²) in [6.07, 6.45) is -11.7. The van der Waals surface area contributed by atoms with Crippen LogP contribution in [-0.2, 0) is 50.4 Å². The van der Waals surface area contributed by atoms with Crippen molar-refractivity contribution >= 4 is 70.2 Å². The summed E-state index contributed by atoms with van der Waals surface area (Å²) >= 11 is 6.36. The predicted octanol–water partition coefficient (Wildman–Crippen LogP) is 6.81. The Labute approximate surface area is 344 Å². The van der Waals surface area contributed by atoms with Gasteiger partial charge in [-0.15, -0.1) is 11.6 Å². The van der Waals surface area contributed by atoms with Crippen molar-refractivity contribution in [2.75, 3.05) is 51.2 Å². The fraction of sp³-hybridized carbons (Fsp3) is 0.459. The molecule has 0 aliphatic carbocycles. The molecule has 2 aromatic rings. The number of carbonyl (C=O) groups excluding carboxylic acids is 6. The number of anilines is 2. The molecule has 2 aromatic carbocycles. The molecular weight excluding hydrogens is 840 g/mol. The molecule has 2 N–H and O–H groups in total. The normalized spacial score (nSPS) is 15.4. The van der Waals surface area contributed by atoms with Crippen molar-refractivity contribution in [3.63, 3.8) is 0 Å². The number of nitrogens with zero attached hydrogens (tertiary/aromatic N) is 3. The third kappa shape index (κ3) is 13.6. The van der Waals surface area contributed by atoms with Crippen molar-refractivity contribution < 1.29 is 78.8 Å². The van der Waals surface area contributed by atoms with Crippen molar-refractivity contribution in [2.24, 2.45) is 10.1 Å². The second kappa shape index (κ2) is 22.0. The Hall–Kier alpha value is -5.77. The van der Waals surface area contributed by atoms with Gasteiger partial charge in [0.1, 0.15) is 6.54 Å². The van der Waals surface area contributed by atoms with E-state index in [2.05, 4.69) is 34.9 Å². The quantitative estimate of drug-likeness (QED) is 0.0746. The molecule has 330 valence electrons.